The minimum atomic E-state index is -1.29. The molecule has 6 heteroatoms. The van der Waals surface area contributed by atoms with Gasteiger partial charge in [-0.2, -0.15) is 5.10 Å². The molecule has 0 aliphatic rings. The Bertz CT molecular complexity index is 510. The number of carbonyl (C=O) groups is 1. The minimum absolute atomic E-state index is 0. The van der Waals surface area contributed by atoms with E-state index in [9.17, 15) is 9.90 Å². The smallest absolute Gasteiger partial charge is 0.543 e. The molecule has 0 aromatic carbocycles. The first-order valence-corrected chi connectivity index (χ1v) is 4.36. The molecule has 76 valence electrons. The van der Waals surface area contributed by atoms with Crippen molar-refractivity contribution < 1.29 is 39.5 Å². The maximum Gasteiger partial charge on any atom is 1.00 e. The summed E-state index contributed by atoms with van der Waals surface area (Å²) >= 11 is 0. The number of nitrogens with one attached hydrogen (secondary N) is 1. The van der Waals surface area contributed by atoms with Gasteiger partial charge in [0.2, 0.25) is 0 Å². The average molecular weight is 225 g/mol. The standard InChI is InChI=1S/C10H9N3O2.Na/c1-6-2-3-11-8(4-6)7-5-12-13-9(7)10(14)15;/h2-5H,1H3,(H,12,13)(H,14,15);/q;+1/p-1. The van der Waals surface area contributed by atoms with E-state index in [0.29, 0.717) is 11.3 Å². The zero-order valence-corrected chi connectivity index (χ0v) is 11.0. The van der Waals surface area contributed by atoms with Gasteiger partial charge in [0.15, 0.2) is 0 Å². The quantitative estimate of drug-likeness (QED) is 0.558. The number of pyridine rings is 1. The van der Waals surface area contributed by atoms with E-state index in [1.165, 1.54) is 6.20 Å². The minimum Gasteiger partial charge on any atom is -0.543 e. The topological polar surface area (TPSA) is 81.7 Å². The Morgan fingerprint density at radius 3 is 2.88 bits per heavy atom. The Hall–Kier alpha value is -1.17. The van der Waals surface area contributed by atoms with Crippen LogP contribution >= 0.6 is 0 Å². The molecule has 16 heavy (non-hydrogen) atoms. The summed E-state index contributed by atoms with van der Waals surface area (Å²) in [5.74, 6) is -1.29. The van der Waals surface area contributed by atoms with Crippen LogP contribution in [0.5, 0.6) is 0 Å². The number of rotatable bonds is 2. The van der Waals surface area contributed by atoms with Crippen LogP contribution in [0.2, 0.25) is 0 Å². The molecule has 0 amide bonds. The second kappa shape index (κ2) is 5.25. The Morgan fingerprint density at radius 2 is 2.25 bits per heavy atom. The number of aromatic nitrogens is 3. The number of aromatic carboxylic acids is 1. The van der Waals surface area contributed by atoms with Crippen LogP contribution in [0.1, 0.15) is 16.1 Å². The van der Waals surface area contributed by atoms with Crippen molar-refractivity contribution >= 4 is 5.97 Å². The number of carboxylic acid groups (broad SMARTS) is 1. The number of aromatic amines is 1. The molecule has 0 saturated heterocycles. The first-order chi connectivity index (χ1) is 7.18. The van der Waals surface area contributed by atoms with Crippen molar-refractivity contribution in [2.45, 2.75) is 6.92 Å². The Kier molecular flexibility index (Phi) is 4.23. The molecule has 0 spiro atoms. The van der Waals surface area contributed by atoms with E-state index in [0.717, 1.165) is 5.56 Å². The molecule has 0 aliphatic carbocycles. The maximum atomic E-state index is 10.7. The fourth-order valence-electron chi connectivity index (χ4n) is 1.32. The monoisotopic (exact) mass is 225 g/mol. The van der Waals surface area contributed by atoms with Crippen molar-refractivity contribution in [3.63, 3.8) is 0 Å². The second-order valence-electron chi connectivity index (χ2n) is 3.16. The van der Waals surface area contributed by atoms with Crippen molar-refractivity contribution in [2.75, 3.05) is 0 Å². The second-order valence-corrected chi connectivity index (χ2v) is 3.16. The Balaban J connectivity index is 0.00000128. The third kappa shape index (κ3) is 2.49. The summed E-state index contributed by atoms with van der Waals surface area (Å²) in [5.41, 5.74) is 1.97. The molecule has 0 aliphatic heterocycles. The number of aryl methyl sites for hydroxylation is 1. The number of carbonyl (C=O) groups excluding carboxylic acids is 1. The van der Waals surface area contributed by atoms with Gasteiger partial charge in [-0.3, -0.25) is 10.1 Å². The van der Waals surface area contributed by atoms with Crippen molar-refractivity contribution in [3.05, 3.63) is 35.8 Å². The first-order valence-electron chi connectivity index (χ1n) is 4.36. The summed E-state index contributed by atoms with van der Waals surface area (Å²) in [6.45, 7) is 1.91. The Labute approximate surface area is 114 Å². The van der Waals surface area contributed by atoms with E-state index in [4.69, 9.17) is 0 Å². The summed E-state index contributed by atoms with van der Waals surface area (Å²) in [4.78, 5) is 14.8. The van der Waals surface area contributed by atoms with Gasteiger partial charge in [-0.15, -0.1) is 0 Å². The zero-order valence-electron chi connectivity index (χ0n) is 9.02. The first kappa shape index (κ1) is 12.9. The normalized spacial score (nSPS) is 9.56. The number of hydrogen-bond acceptors (Lipinski definition) is 4. The van der Waals surface area contributed by atoms with Gasteiger partial charge < -0.3 is 9.90 Å². The largest absolute Gasteiger partial charge is 1.00 e. The molecule has 2 aromatic rings. The molecule has 0 fully saturated rings. The van der Waals surface area contributed by atoms with Gasteiger partial charge in [-0.25, -0.2) is 0 Å². The molecule has 2 heterocycles. The number of H-pyrrole nitrogens is 1. The predicted molar refractivity (Wildman–Crippen MR) is 50.9 cm³/mol. The van der Waals surface area contributed by atoms with Gasteiger partial charge in [0.25, 0.3) is 0 Å². The van der Waals surface area contributed by atoms with Crippen LogP contribution in [0.25, 0.3) is 11.3 Å². The zero-order chi connectivity index (χ0) is 10.8. The van der Waals surface area contributed by atoms with Gasteiger partial charge in [0.1, 0.15) is 0 Å². The van der Waals surface area contributed by atoms with Crippen molar-refractivity contribution in [1.82, 2.24) is 15.2 Å². The number of nitrogens with zero attached hydrogens (tertiary/aromatic N) is 2. The van der Waals surface area contributed by atoms with E-state index >= 15 is 0 Å². The van der Waals surface area contributed by atoms with Gasteiger partial charge >= 0.3 is 29.6 Å². The molecular weight excluding hydrogens is 217 g/mol. The maximum absolute atomic E-state index is 10.7. The molecule has 0 bridgehead atoms. The molecule has 1 N–H and O–H groups in total. The molecule has 0 atom stereocenters. The Morgan fingerprint density at radius 1 is 1.50 bits per heavy atom. The summed E-state index contributed by atoms with van der Waals surface area (Å²) in [6.07, 6.45) is 3.05. The fourth-order valence-corrected chi connectivity index (χ4v) is 1.32. The van der Waals surface area contributed by atoms with Crippen LogP contribution in [-0.4, -0.2) is 21.2 Å². The van der Waals surface area contributed by atoms with Crippen LogP contribution in [0.4, 0.5) is 0 Å². The van der Waals surface area contributed by atoms with Crippen LogP contribution in [0.3, 0.4) is 0 Å². The van der Waals surface area contributed by atoms with E-state index < -0.39 is 5.97 Å². The van der Waals surface area contributed by atoms with Gasteiger partial charge in [-0.05, 0) is 24.6 Å². The summed E-state index contributed by atoms with van der Waals surface area (Å²) < 4.78 is 0. The van der Waals surface area contributed by atoms with Crippen LogP contribution in [0.15, 0.2) is 24.5 Å². The molecule has 2 rings (SSSR count). The molecular formula is C10H8N3NaO2. The van der Waals surface area contributed by atoms with Gasteiger partial charge in [0.05, 0.1) is 23.6 Å². The van der Waals surface area contributed by atoms with E-state index in [2.05, 4.69) is 15.2 Å². The molecule has 0 radical (unpaired) electrons. The fraction of sp³-hybridized carbons (Fsp3) is 0.100. The summed E-state index contributed by atoms with van der Waals surface area (Å²) in [6, 6.07) is 3.62. The van der Waals surface area contributed by atoms with E-state index in [1.54, 1.807) is 12.3 Å². The molecule has 5 nitrogen and oxygen atoms in total. The van der Waals surface area contributed by atoms with Crippen molar-refractivity contribution in [3.8, 4) is 11.3 Å². The van der Waals surface area contributed by atoms with Gasteiger partial charge in [0, 0.05) is 11.8 Å². The average Bonchev–Trinajstić information content (AvgIpc) is 2.65. The molecule has 0 unspecified atom stereocenters. The van der Waals surface area contributed by atoms with Crippen molar-refractivity contribution in [2.24, 2.45) is 0 Å². The molecule has 2 aromatic heterocycles. The van der Waals surface area contributed by atoms with E-state index in [1.807, 2.05) is 13.0 Å². The summed E-state index contributed by atoms with van der Waals surface area (Å²) in [7, 11) is 0. The SMILES string of the molecule is Cc1ccnc(-c2cn[nH]c2C(=O)[O-])c1.[Na+]. The number of carboxylic acids is 1. The van der Waals surface area contributed by atoms with Gasteiger partial charge in [-0.1, -0.05) is 0 Å². The number of hydrogen-bond donors (Lipinski definition) is 1. The third-order valence-corrected chi connectivity index (χ3v) is 2.03. The predicted octanol–water partition coefficient (Wildman–Crippen LogP) is -2.85. The van der Waals surface area contributed by atoms with Crippen LogP contribution < -0.4 is 34.7 Å². The van der Waals surface area contributed by atoms with Crippen LogP contribution in [-0.2, 0) is 0 Å². The third-order valence-electron chi connectivity index (χ3n) is 2.03. The van der Waals surface area contributed by atoms with Crippen molar-refractivity contribution in [1.29, 1.82) is 0 Å². The van der Waals surface area contributed by atoms with Crippen LogP contribution in [0, 0.1) is 6.92 Å². The summed E-state index contributed by atoms with van der Waals surface area (Å²) in [5, 5.41) is 16.8. The van der Waals surface area contributed by atoms with E-state index in [-0.39, 0.29) is 35.3 Å². The molecule has 0 saturated carbocycles.